The quantitative estimate of drug-likeness (QED) is 0.863. The number of hydrogen-bond acceptors (Lipinski definition) is 3. The van der Waals surface area contributed by atoms with Gasteiger partial charge in [-0.25, -0.2) is 0 Å². The van der Waals surface area contributed by atoms with Crippen molar-refractivity contribution < 1.29 is 5.11 Å². The van der Waals surface area contributed by atoms with E-state index in [1.807, 2.05) is 79.8 Å². The third-order valence-corrected chi connectivity index (χ3v) is 4.84. The number of benzene rings is 2. The Hall–Kier alpha value is -2.13. The molecule has 1 saturated carbocycles. The van der Waals surface area contributed by atoms with Crippen LogP contribution >= 0.6 is 0 Å². The van der Waals surface area contributed by atoms with Crippen molar-refractivity contribution in [2.45, 2.75) is 31.3 Å². The first-order valence-electron chi connectivity index (χ1n) is 8.70. The van der Waals surface area contributed by atoms with Crippen molar-refractivity contribution in [2.75, 3.05) is 14.1 Å². The lowest BCUT2D eigenvalue weighted by molar-refractivity contribution is 0.0358. The Balaban J connectivity index is 2.14. The average Bonchev–Trinajstić information content (AvgIpc) is 2.62. The molecule has 2 aromatic carbocycles. The molecule has 1 aliphatic rings. The van der Waals surface area contributed by atoms with Crippen LogP contribution in [0.4, 0.5) is 0 Å². The summed E-state index contributed by atoms with van der Waals surface area (Å²) < 4.78 is 0. The summed E-state index contributed by atoms with van der Waals surface area (Å²) in [6.07, 6.45) is 4.17. The van der Waals surface area contributed by atoms with Gasteiger partial charge < -0.3 is 10.1 Å². The van der Waals surface area contributed by atoms with Crippen molar-refractivity contribution in [1.82, 2.24) is 5.01 Å². The van der Waals surface area contributed by atoms with Crippen LogP contribution in [0, 0.1) is 5.92 Å². The third kappa shape index (κ3) is 3.22. The Bertz CT molecular complexity index is 640. The van der Waals surface area contributed by atoms with Crippen LogP contribution < -0.4 is 0 Å². The second-order valence-electron chi connectivity index (χ2n) is 6.74. The van der Waals surface area contributed by atoms with Gasteiger partial charge in [-0.3, -0.25) is 0 Å². The van der Waals surface area contributed by atoms with E-state index >= 15 is 0 Å². The Labute approximate surface area is 144 Å². The van der Waals surface area contributed by atoms with E-state index in [0.717, 1.165) is 42.5 Å². The summed E-state index contributed by atoms with van der Waals surface area (Å²) in [7, 11) is 3.89. The van der Waals surface area contributed by atoms with Gasteiger partial charge in [-0.2, -0.15) is 5.10 Å². The predicted octanol–water partition coefficient (Wildman–Crippen LogP) is 4.03. The smallest absolute Gasteiger partial charge is 0.123 e. The van der Waals surface area contributed by atoms with Crippen LogP contribution in [0.3, 0.4) is 0 Å². The Morgan fingerprint density at radius 3 is 1.96 bits per heavy atom. The minimum Gasteiger partial charge on any atom is -0.380 e. The molecule has 0 radical (unpaired) electrons. The first kappa shape index (κ1) is 16.7. The first-order valence-corrected chi connectivity index (χ1v) is 8.70. The molecule has 1 unspecified atom stereocenters. The largest absolute Gasteiger partial charge is 0.380 e. The second kappa shape index (κ2) is 7.18. The van der Waals surface area contributed by atoms with Crippen molar-refractivity contribution in [3.63, 3.8) is 0 Å². The minimum atomic E-state index is -1.04. The summed E-state index contributed by atoms with van der Waals surface area (Å²) in [6.45, 7) is 0. The zero-order valence-corrected chi connectivity index (χ0v) is 14.5. The molecule has 126 valence electrons. The fourth-order valence-corrected chi connectivity index (χ4v) is 3.78. The minimum absolute atomic E-state index is 0.00144. The normalized spacial score (nSPS) is 20.1. The van der Waals surface area contributed by atoms with Crippen molar-refractivity contribution in [3.05, 3.63) is 71.8 Å². The lowest BCUT2D eigenvalue weighted by Crippen LogP contribution is -2.43. The molecule has 0 amide bonds. The molecule has 1 N–H and O–H groups in total. The number of hydrazone groups is 1. The maximum atomic E-state index is 12.0. The highest BCUT2D eigenvalue weighted by Crippen LogP contribution is 2.42. The monoisotopic (exact) mass is 322 g/mol. The van der Waals surface area contributed by atoms with E-state index in [4.69, 9.17) is 5.10 Å². The SMILES string of the molecule is CN(C)/N=C1/CCCCC1C(O)(c1ccccc1)c1ccccc1. The van der Waals surface area contributed by atoms with Crippen molar-refractivity contribution in [1.29, 1.82) is 0 Å². The number of hydrogen-bond donors (Lipinski definition) is 1. The fraction of sp³-hybridized carbons (Fsp3) is 0.381. The van der Waals surface area contributed by atoms with E-state index in [2.05, 4.69) is 0 Å². The molecular weight excluding hydrogens is 296 g/mol. The molecule has 0 spiro atoms. The van der Waals surface area contributed by atoms with Crippen molar-refractivity contribution in [3.8, 4) is 0 Å². The van der Waals surface area contributed by atoms with E-state index in [9.17, 15) is 5.11 Å². The first-order chi connectivity index (χ1) is 11.6. The Kier molecular flexibility index (Phi) is 5.00. The van der Waals surface area contributed by atoms with Crippen LogP contribution in [0.25, 0.3) is 0 Å². The van der Waals surface area contributed by atoms with E-state index < -0.39 is 5.60 Å². The van der Waals surface area contributed by atoms with Gasteiger partial charge in [0, 0.05) is 25.7 Å². The molecule has 0 bridgehead atoms. The summed E-state index contributed by atoms with van der Waals surface area (Å²) in [6, 6.07) is 20.1. The average molecular weight is 322 g/mol. The van der Waals surface area contributed by atoms with Gasteiger partial charge in [-0.15, -0.1) is 0 Å². The molecule has 2 aromatic rings. The maximum absolute atomic E-state index is 12.0. The molecule has 1 fully saturated rings. The van der Waals surface area contributed by atoms with Gasteiger partial charge in [0.1, 0.15) is 5.60 Å². The maximum Gasteiger partial charge on any atom is 0.123 e. The molecule has 0 aromatic heterocycles. The highest BCUT2D eigenvalue weighted by Gasteiger charge is 2.43. The van der Waals surface area contributed by atoms with Gasteiger partial charge in [0.05, 0.1) is 0 Å². The highest BCUT2D eigenvalue weighted by molar-refractivity contribution is 5.89. The molecule has 0 aliphatic heterocycles. The van der Waals surface area contributed by atoms with E-state index in [1.165, 1.54) is 0 Å². The van der Waals surface area contributed by atoms with Crippen LogP contribution in [0.15, 0.2) is 65.8 Å². The second-order valence-corrected chi connectivity index (χ2v) is 6.74. The Morgan fingerprint density at radius 1 is 0.917 bits per heavy atom. The van der Waals surface area contributed by atoms with Gasteiger partial charge in [0.25, 0.3) is 0 Å². The van der Waals surface area contributed by atoms with E-state index in [0.29, 0.717) is 0 Å². The number of rotatable bonds is 4. The van der Waals surface area contributed by atoms with Gasteiger partial charge in [-0.05, 0) is 30.4 Å². The summed E-state index contributed by atoms with van der Waals surface area (Å²) in [5, 5.41) is 18.5. The van der Waals surface area contributed by atoms with Crippen LogP contribution in [-0.4, -0.2) is 29.9 Å². The predicted molar refractivity (Wildman–Crippen MR) is 99.0 cm³/mol. The molecule has 3 heteroatoms. The van der Waals surface area contributed by atoms with E-state index in [-0.39, 0.29) is 5.92 Å². The Morgan fingerprint density at radius 2 is 1.46 bits per heavy atom. The molecule has 3 nitrogen and oxygen atoms in total. The molecule has 0 heterocycles. The van der Waals surface area contributed by atoms with Crippen molar-refractivity contribution in [2.24, 2.45) is 11.0 Å². The van der Waals surface area contributed by atoms with Crippen LogP contribution in [0.2, 0.25) is 0 Å². The summed E-state index contributed by atoms with van der Waals surface area (Å²) in [5.74, 6) is -0.00144. The van der Waals surface area contributed by atoms with E-state index in [1.54, 1.807) is 0 Å². The zero-order chi connectivity index (χ0) is 17.0. The standard InChI is InChI=1S/C21H26N2O/c1-23(2)22-20-16-10-9-15-19(20)21(24,17-11-5-3-6-12-17)18-13-7-4-8-14-18/h3-8,11-14,19,24H,9-10,15-16H2,1-2H3/b22-20-. The number of aliphatic hydroxyl groups is 1. The van der Waals surface area contributed by atoms with Gasteiger partial charge >= 0.3 is 0 Å². The van der Waals surface area contributed by atoms with Crippen LogP contribution in [0.5, 0.6) is 0 Å². The molecular formula is C21H26N2O. The lowest BCUT2D eigenvalue weighted by Gasteiger charge is -2.40. The summed E-state index contributed by atoms with van der Waals surface area (Å²) >= 11 is 0. The topological polar surface area (TPSA) is 35.8 Å². The number of nitrogens with zero attached hydrogens (tertiary/aromatic N) is 2. The summed E-state index contributed by atoms with van der Waals surface area (Å²) in [4.78, 5) is 0. The third-order valence-electron chi connectivity index (χ3n) is 4.84. The van der Waals surface area contributed by atoms with Crippen LogP contribution in [-0.2, 0) is 5.60 Å². The van der Waals surface area contributed by atoms with Gasteiger partial charge in [-0.1, -0.05) is 67.1 Å². The molecule has 3 rings (SSSR count). The molecule has 1 atom stereocenters. The molecule has 24 heavy (non-hydrogen) atoms. The molecule has 0 saturated heterocycles. The highest BCUT2D eigenvalue weighted by atomic mass is 16.3. The van der Waals surface area contributed by atoms with Gasteiger partial charge in [0.15, 0.2) is 0 Å². The van der Waals surface area contributed by atoms with Gasteiger partial charge in [0.2, 0.25) is 0 Å². The fourth-order valence-electron chi connectivity index (χ4n) is 3.78. The lowest BCUT2D eigenvalue weighted by atomic mass is 9.69. The van der Waals surface area contributed by atoms with Crippen LogP contribution in [0.1, 0.15) is 36.8 Å². The van der Waals surface area contributed by atoms with Crippen molar-refractivity contribution >= 4 is 5.71 Å². The summed E-state index contributed by atoms with van der Waals surface area (Å²) in [5.41, 5.74) is 1.93. The molecule has 1 aliphatic carbocycles. The zero-order valence-electron chi connectivity index (χ0n) is 14.5.